The van der Waals surface area contributed by atoms with Crippen LogP contribution in [-0.2, 0) is 4.79 Å². The highest BCUT2D eigenvalue weighted by Gasteiger charge is 2.43. The van der Waals surface area contributed by atoms with Gasteiger partial charge in [0.05, 0.1) is 12.0 Å². The Hall–Kier alpha value is -0.220. The number of aliphatic carboxylic acids is 1. The summed E-state index contributed by atoms with van der Waals surface area (Å²) in [6.07, 6.45) is 1.10. The largest absolute Gasteiger partial charge is 0.481 e. The maximum absolute atomic E-state index is 11.0. The van der Waals surface area contributed by atoms with Gasteiger partial charge in [0, 0.05) is 0 Å². The van der Waals surface area contributed by atoms with Gasteiger partial charge in [0.25, 0.3) is 0 Å². The predicted molar refractivity (Wildman–Crippen MR) is 50.7 cm³/mol. The fourth-order valence-corrected chi connectivity index (χ4v) is 4.02. The van der Waals surface area contributed by atoms with Crippen molar-refractivity contribution in [3.8, 4) is 0 Å². The Balaban J connectivity index is 2.14. The van der Waals surface area contributed by atoms with Gasteiger partial charge in [-0.2, -0.15) is 11.8 Å². The molecule has 0 radical (unpaired) electrons. The molecular weight excluding hydrogens is 188 g/mol. The van der Waals surface area contributed by atoms with Crippen LogP contribution < -0.4 is 0 Å². The van der Waals surface area contributed by atoms with Crippen LogP contribution in [0.2, 0.25) is 0 Å². The summed E-state index contributed by atoms with van der Waals surface area (Å²) >= 11 is 1.84. The van der Waals surface area contributed by atoms with Crippen LogP contribution in [0.5, 0.6) is 0 Å². The second kappa shape index (κ2) is 3.50. The first kappa shape index (κ1) is 9.34. The van der Waals surface area contributed by atoms with E-state index in [9.17, 15) is 9.90 Å². The van der Waals surface area contributed by atoms with Crippen LogP contribution in [0.3, 0.4) is 0 Å². The molecule has 2 atom stereocenters. The summed E-state index contributed by atoms with van der Waals surface area (Å²) in [5.41, 5.74) is 0. The van der Waals surface area contributed by atoms with Crippen molar-refractivity contribution >= 4 is 17.7 Å². The highest BCUT2D eigenvalue weighted by molar-refractivity contribution is 7.99. The molecule has 0 amide bonds. The molecule has 1 heterocycles. The summed E-state index contributed by atoms with van der Waals surface area (Å²) < 4.78 is 0. The van der Waals surface area contributed by atoms with E-state index in [4.69, 9.17) is 5.11 Å². The Labute approximate surface area is 81.5 Å². The zero-order chi connectivity index (χ0) is 9.42. The van der Waals surface area contributed by atoms with Crippen molar-refractivity contribution < 1.29 is 15.0 Å². The van der Waals surface area contributed by atoms with Crippen LogP contribution in [-0.4, -0.2) is 33.8 Å². The van der Waals surface area contributed by atoms with Crippen LogP contribution in [0.1, 0.15) is 12.8 Å². The van der Waals surface area contributed by atoms with Crippen LogP contribution in [0.25, 0.3) is 0 Å². The van der Waals surface area contributed by atoms with E-state index in [0.29, 0.717) is 12.8 Å². The molecular formula is C9H14O3S. The molecule has 1 aliphatic carbocycles. The highest BCUT2D eigenvalue weighted by Crippen LogP contribution is 2.43. The molecule has 1 saturated heterocycles. The molecule has 13 heavy (non-hydrogen) atoms. The molecule has 0 aromatic rings. The Morgan fingerprint density at radius 2 is 1.77 bits per heavy atom. The number of thioether (sulfide) groups is 1. The second-order valence-electron chi connectivity index (χ2n) is 4.05. The van der Waals surface area contributed by atoms with Gasteiger partial charge in [-0.05, 0) is 36.2 Å². The average molecular weight is 202 g/mol. The number of aliphatic hydroxyl groups is 1. The molecule has 74 valence electrons. The third-order valence-corrected chi connectivity index (χ3v) is 4.44. The minimum Gasteiger partial charge on any atom is -0.481 e. The summed E-state index contributed by atoms with van der Waals surface area (Å²) in [6.45, 7) is 0. The number of carboxylic acids is 1. The number of hydrogen-bond donors (Lipinski definition) is 2. The molecule has 2 fully saturated rings. The van der Waals surface area contributed by atoms with Crippen molar-refractivity contribution in [2.45, 2.75) is 18.9 Å². The number of hydrogen-bond acceptors (Lipinski definition) is 3. The summed E-state index contributed by atoms with van der Waals surface area (Å²) in [4.78, 5) is 11.0. The molecule has 2 aliphatic rings. The number of aliphatic hydroxyl groups excluding tert-OH is 1. The van der Waals surface area contributed by atoms with Crippen molar-refractivity contribution in [1.82, 2.24) is 0 Å². The van der Waals surface area contributed by atoms with E-state index in [2.05, 4.69) is 0 Å². The zero-order valence-electron chi connectivity index (χ0n) is 7.35. The van der Waals surface area contributed by atoms with Crippen molar-refractivity contribution in [3.63, 3.8) is 0 Å². The number of carboxylic acid groups (broad SMARTS) is 1. The van der Waals surface area contributed by atoms with Crippen LogP contribution in [0, 0.1) is 17.8 Å². The van der Waals surface area contributed by atoms with E-state index in [1.165, 1.54) is 0 Å². The van der Waals surface area contributed by atoms with Gasteiger partial charge < -0.3 is 10.2 Å². The minimum absolute atomic E-state index is 0.190. The van der Waals surface area contributed by atoms with Gasteiger partial charge in [-0.3, -0.25) is 4.79 Å². The standard InChI is InChI=1S/C9H14O3S/c10-7-1-5-3-13-4-6(2-7)8(5)9(11)12/h5-8,10H,1-4H2,(H,11,12). The maximum atomic E-state index is 11.0. The molecule has 3 nitrogen and oxygen atoms in total. The Morgan fingerprint density at radius 1 is 1.23 bits per heavy atom. The molecule has 1 saturated carbocycles. The van der Waals surface area contributed by atoms with E-state index in [0.717, 1.165) is 11.5 Å². The lowest BCUT2D eigenvalue weighted by Crippen LogP contribution is -2.44. The Bertz CT molecular complexity index is 205. The maximum Gasteiger partial charge on any atom is 0.307 e. The number of fused-ring (bicyclic) bond motifs is 2. The number of carbonyl (C=O) groups is 1. The topological polar surface area (TPSA) is 57.5 Å². The molecule has 1 aliphatic heterocycles. The van der Waals surface area contributed by atoms with Crippen molar-refractivity contribution in [2.24, 2.45) is 17.8 Å². The van der Waals surface area contributed by atoms with Gasteiger partial charge in [-0.15, -0.1) is 0 Å². The van der Waals surface area contributed by atoms with Crippen molar-refractivity contribution in [2.75, 3.05) is 11.5 Å². The summed E-state index contributed by atoms with van der Waals surface area (Å²) in [7, 11) is 0. The van der Waals surface area contributed by atoms with E-state index >= 15 is 0 Å². The van der Waals surface area contributed by atoms with Crippen molar-refractivity contribution in [1.29, 1.82) is 0 Å². The van der Waals surface area contributed by atoms with E-state index in [-0.39, 0.29) is 23.9 Å². The normalized spacial score (nSPS) is 44.4. The van der Waals surface area contributed by atoms with Crippen LogP contribution in [0.15, 0.2) is 0 Å². The van der Waals surface area contributed by atoms with Gasteiger partial charge in [-0.25, -0.2) is 0 Å². The SMILES string of the molecule is O=C(O)C1C2CSCC1CC(O)C2. The van der Waals surface area contributed by atoms with Crippen LogP contribution in [0.4, 0.5) is 0 Å². The Morgan fingerprint density at radius 3 is 2.23 bits per heavy atom. The highest BCUT2D eigenvalue weighted by atomic mass is 32.2. The molecule has 2 bridgehead atoms. The lowest BCUT2D eigenvalue weighted by molar-refractivity contribution is -0.148. The van der Waals surface area contributed by atoms with Crippen LogP contribution >= 0.6 is 11.8 Å². The molecule has 4 heteroatoms. The third kappa shape index (κ3) is 1.70. The first-order valence-electron chi connectivity index (χ1n) is 4.67. The van der Waals surface area contributed by atoms with Gasteiger partial charge in [-0.1, -0.05) is 0 Å². The first-order chi connectivity index (χ1) is 6.18. The fourth-order valence-electron chi connectivity index (χ4n) is 2.59. The molecule has 0 spiro atoms. The monoisotopic (exact) mass is 202 g/mol. The van der Waals surface area contributed by atoms with Gasteiger partial charge in [0.1, 0.15) is 0 Å². The quantitative estimate of drug-likeness (QED) is 0.661. The van der Waals surface area contributed by atoms with E-state index < -0.39 is 5.97 Å². The second-order valence-corrected chi connectivity index (χ2v) is 5.12. The van der Waals surface area contributed by atoms with E-state index in [1.54, 1.807) is 0 Å². The summed E-state index contributed by atoms with van der Waals surface area (Å²) in [6, 6.07) is 0. The van der Waals surface area contributed by atoms with Gasteiger partial charge in [0.15, 0.2) is 0 Å². The number of rotatable bonds is 1. The molecule has 0 aromatic carbocycles. The minimum atomic E-state index is -0.665. The Kier molecular flexibility index (Phi) is 2.51. The molecule has 2 N–H and O–H groups in total. The lowest BCUT2D eigenvalue weighted by Gasteiger charge is -2.41. The van der Waals surface area contributed by atoms with Crippen molar-refractivity contribution in [3.05, 3.63) is 0 Å². The molecule has 2 unspecified atom stereocenters. The predicted octanol–water partition coefficient (Wildman–Crippen LogP) is 0.821. The van der Waals surface area contributed by atoms with Gasteiger partial charge in [0.2, 0.25) is 0 Å². The smallest absolute Gasteiger partial charge is 0.307 e. The fraction of sp³-hybridized carbons (Fsp3) is 0.889. The zero-order valence-corrected chi connectivity index (χ0v) is 8.17. The summed E-state index contributed by atoms with van der Waals surface area (Å²) in [5, 5.41) is 18.6. The third-order valence-electron chi connectivity index (χ3n) is 3.11. The molecule has 0 aromatic heterocycles. The van der Waals surface area contributed by atoms with E-state index in [1.807, 2.05) is 11.8 Å². The first-order valence-corrected chi connectivity index (χ1v) is 5.82. The average Bonchev–Trinajstić information content (AvgIpc) is 2.01. The molecule has 2 rings (SSSR count). The summed E-state index contributed by atoms with van der Waals surface area (Å²) in [5.74, 6) is 1.36. The van der Waals surface area contributed by atoms with Gasteiger partial charge >= 0.3 is 5.97 Å². The lowest BCUT2D eigenvalue weighted by atomic mass is 9.72.